The smallest absolute Gasteiger partial charge is 0.310 e. The number of hydrogen-bond donors (Lipinski definition) is 0. The van der Waals surface area contributed by atoms with Gasteiger partial charge in [-0.05, 0) is 40.0 Å². The van der Waals surface area contributed by atoms with E-state index in [-0.39, 0.29) is 41.2 Å². The van der Waals surface area contributed by atoms with Crippen LogP contribution in [0.2, 0.25) is 0 Å². The van der Waals surface area contributed by atoms with Crippen molar-refractivity contribution in [2.45, 2.75) is 45.6 Å². The van der Waals surface area contributed by atoms with Crippen molar-refractivity contribution >= 4 is 17.5 Å². The Morgan fingerprint density at radius 1 is 1.00 bits per heavy atom. The molecular formula is C15H20O4. The molecule has 4 rings (SSSR count). The molecule has 0 aromatic heterocycles. The third-order valence-electron chi connectivity index (χ3n) is 4.73. The van der Waals surface area contributed by atoms with Crippen LogP contribution in [-0.4, -0.2) is 23.1 Å². The van der Waals surface area contributed by atoms with Gasteiger partial charge in [-0.1, -0.05) is 0 Å². The van der Waals surface area contributed by atoms with E-state index in [1.165, 1.54) is 0 Å². The first-order valence-electron chi connectivity index (χ1n) is 7.08. The Morgan fingerprint density at radius 3 is 1.89 bits per heavy atom. The molecule has 0 radical (unpaired) electrons. The van der Waals surface area contributed by atoms with Gasteiger partial charge in [0.15, 0.2) is 0 Å². The van der Waals surface area contributed by atoms with Crippen molar-refractivity contribution in [3.63, 3.8) is 0 Å². The van der Waals surface area contributed by atoms with Crippen LogP contribution in [0.1, 0.15) is 40.0 Å². The van der Waals surface area contributed by atoms with Crippen LogP contribution in [0.3, 0.4) is 0 Å². The van der Waals surface area contributed by atoms with Crippen molar-refractivity contribution in [1.29, 1.82) is 0 Å². The van der Waals surface area contributed by atoms with E-state index < -0.39 is 11.5 Å². The molecule has 4 unspecified atom stereocenters. The molecule has 4 saturated carbocycles. The van der Waals surface area contributed by atoms with Crippen LogP contribution in [0.5, 0.6) is 0 Å². The summed E-state index contributed by atoms with van der Waals surface area (Å²) >= 11 is 0. The topological polar surface area (TPSA) is 60.4 Å². The predicted molar refractivity (Wildman–Crippen MR) is 67.2 cm³/mol. The van der Waals surface area contributed by atoms with E-state index in [1.54, 1.807) is 0 Å². The van der Waals surface area contributed by atoms with Crippen LogP contribution in [0, 0.1) is 29.6 Å². The number of ether oxygens (including phenoxy) is 1. The molecule has 4 bridgehead atoms. The molecular weight excluding hydrogens is 244 g/mol. The SMILES string of the molecule is CC(C)(C)OC(=O)C1C2CC3CC(CC1C3=O)C2=O. The van der Waals surface area contributed by atoms with Crippen LogP contribution < -0.4 is 0 Å². The van der Waals surface area contributed by atoms with Gasteiger partial charge in [0, 0.05) is 23.7 Å². The van der Waals surface area contributed by atoms with E-state index in [1.807, 2.05) is 20.8 Å². The van der Waals surface area contributed by atoms with E-state index in [4.69, 9.17) is 4.74 Å². The minimum Gasteiger partial charge on any atom is -0.460 e. The average Bonchev–Trinajstić information content (AvgIpc) is 2.24. The fourth-order valence-electron chi connectivity index (χ4n) is 4.08. The largest absolute Gasteiger partial charge is 0.460 e. The highest BCUT2D eigenvalue weighted by Gasteiger charge is 2.60. The van der Waals surface area contributed by atoms with E-state index in [0.717, 1.165) is 0 Å². The number of Topliss-reactive ketones (excluding diaryl/α,β-unsaturated/α-hetero) is 2. The van der Waals surface area contributed by atoms with E-state index >= 15 is 0 Å². The second-order valence-corrected chi connectivity index (χ2v) is 7.18. The Bertz CT molecular complexity index is 431. The summed E-state index contributed by atoms with van der Waals surface area (Å²) in [6.07, 6.45) is 1.84. The maximum absolute atomic E-state index is 12.3. The third kappa shape index (κ3) is 1.92. The Labute approximate surface area is 112 Å². The number of carbonyl (C=O) groups is 3. The summed E-state index contributed by atoms with van der Waals surface area (Å²) in [5.74, 6) is -0.998. The fourth-order valence-corrected chi connectivity index (χ4v) is 4.08. The molecule has 0 saturated heterocycles. The van der Waals surface area contributed by atoms with Gasteiger partial charge in [-0.2, -0.15) is 0 Å². The van der Waals surface area contributed by atoms with Crippen molar-refractivity contribution in [3.8, 4) is 0 Å². The van der Waals surface area contributed by atoms with Crippen molar-refractivity contribution in [1.82, 2.24) is 0 Å². The zero-order valence-electron chi connectivity index (χ0n) is 11.6. The highest BCUT2D eigenvalue weighted by atomic mass is 16.6. The molecule has 19 heavy (non-hydrogen) atoms. The maximum Gasteiger partial charge on any atom is 0.310 e. The second kappa shape index (κ2) is 3.90. The van der Waals surface area contributed by atoms with Gasteiger partial charge in [0.1, 0.15) is 17.2 Å². The Kier molecular flexibility index (Phi) is 2.63. The van der Waals surface area contributed by atoms with Gasteiger partial charge in [0.25, 0.3) is 0 Å². The molecule has 4 nitrogen and oxygen atoms in total. The zero-order chi connectivity index (χ0) is 13.9. The average molecular weight is 264 g/mol. The summed E-state index contributed by atoms with van der Waals surface area (Å²) in [7, 11) is 0. The molecule has 104 valence electrons. The molecule has 4 heteroatoms. The molecule has 0 N–H and O–H groups in total. The van der Waals surface area contributed by atoms with Gasteiger partial charge in [0.2, 0.25) is 0 Å². The molecule has 4 aliphatic rings. The molecule has 0 aromatic rings. The molecule has 0 heterocycles. The number of carbonyl (C=O) groups excluding carboxylic acids is 3. The number of ketones is 2. The molecule has 0 spiro atoms. The lowest BCUT2D eigenvalue weighted by Crippen LogP contribution is -2.58. The van der Waals surface area contributed by atoms with E-state index in [0.29, 0.717) is 19.3 Å². The molecule has 0 aliphatic heterocycles. The minimum absolute atomic E-state index is 0.0186. The van der Waals surface area contributed by atoms with Gasteiger partial charge >= 0.3 is 5.97 Å². The maximum atomic E-state index is 12.3. The van der Waals surface area contributed by atoms with Gasteiger partial charge < -0.3 is 4.74 Å². The zero-order valence-corrected chi connectivity index (χ0v) is 11.6. The minimum atomic E-state index is -0.572. The summed E-state index contributed by atoms with van der Waals surface area (Å²) in [6, 6.07) is 0. The lowest BCUT2D eigenvalue weighted by molar-refractivity contribution is -0.180. The van der Waals surface area contributed by atoms with Crippen molar-refractivity contribution in [3.05, 3.63) is 0 Å². The highest BCUT2D eigenvalue weighted by Crippen LogP contribution is 2.53. The van der Waals surface area contributed by atoms with Crippen molar-refractivity contribution < 1.29 is 19.1 Å². The molecule has 4 aliphatic carbocycles. The first kappa shape index (κ1) is 12.8. The summed E-state index contributed by atoms with van der Waals surface area (Å²) in [4.78, 5) is 36.8. The van der Waals surface area contributed by atoms with Crippen LogP contribution in [0.4, 0.5) is 0 Å². The highest BCUT2D eigenvalue weighted by molar-refractivity contribution is 6.00. The normalized spacial score (nSPS) is 40.7. The Balaban J connectivity index is 1.87. The Hall–Kier alpha value is -1.19. The molecule has 0 amide bonds. The first-order valence-corrected chi connectivity index (χ1v) is 7.08. The van der Waals surface area contributed by atoms with Crippen LogP contribution in [0.15, 0.2) is 0 Å². The number of rotatable bonds is 1. The lowest BCUT2D eigenvalue weighted by Gasteiger charge is -2.51. The van der Waals surface area contributed by atoms with Crippen LogP contribution in [-0.2, 0) is 19.1 Å². The fraction of sp³-hybridized carbons (Fsp3) is 0.800. The third-order valence-corrected chi connectivity index (χ3v) is 4.73. The van der Waals surface area contributed by atoms with E-state index in [2.05, 4.69) is 0 Å². The van der Waals surface area contributed by atoms with Crippen molar-refractivity contribution in [2.75, 3.05) is 0 Å². The van der Waals surface area contributed by atoms with E-state index in [9.17, 15) is 14.4 Å². The van der Waals surface area contributed by atoms with Gasteiger partial charge in [-0.15, -0.1) is 0 Å². The van der Waals surface area contributed by atoms with Gasteiger partial charge in [-0.3, -0.25) is 14.4 Å². The Morgan fingerprint density at radius 2 is 1.47 bits per heavy atom. The van der Waals surface area contributed by atoms with Crippen LogP contribution >= 0.6 is 0 Å². The standard InChI is InChI=1S/C15H20O4/c1-15(2,3)19-14(18)11-9-5-7-4-8(13(9)17)6-10(11)12(7)16/h7-11H,4-6H2,1-3H3. The number of hydrogen-bond acceptors (Lipinski definition) is 4. The monoisotopic (exact) mass is 264 g/mol. The summed E-state index contributed by atoms with van der Waals surface area (Å²) in [6.45, 7) is 5.43. The van der Waals surface area contributed by atoms with Gasteiger partial charge in [0.05, 0.1) is 5.92 Å². The first-order chi connectivity index (χ1) is 8.78. The summed E-state index contributed by atoms with van der Waals surface area (Å²) < 4.78 is 5.42. The lowest BCUT2D eigenvalue weighted by atomic mass is 9.50. The van der Waals surface area contributed by atoms with Crippen LogP contribution in [0.25, 0.3) is 0 Å². The molecule has 0 aromatic carbocycles. The summed E-state index contributed by atoms with van der Waals surface area (Å²) in [5.41, 5.74) is -0.572. The molecule has 4 fully saturated rings. The number of esters is 1. The second-order valence-electron chi connectivity index (χ2n) is 7.18. The predicted octanol–water partition coefficient (Wildman–Crippen LogP) is 1.76. The quantitative estimate of drug-likeness (QED) is 0.677. The van der Waals surface area contributed by atoms with Gasteiger partial charge in [-0.25, -0.2) is 0 Å². The molecule has 4 atom stereocenters. The van der Waals surface area contributed by atoms with Crippen molar-refractivity contribution in [2.24, 2.45) is 29.6 Å². The summed E-state index contributed by atoms with van der Waals surface area (Å²) in [5, 5.41) is 0.